The Morgan fingerprint density at radius 1 is 1.29 bits per heavy atom. The summed E-state index contributed by atoms with van der Waals surface area (Å²) in [4.78, 5) is 0. The number of hydrogen-bond acceptors (Lipinski definition) is 1. The molecule has 76 valence electrons. The molecule has 0 N–H and O–H groups in total. The zero-order valence-electron chi connectivity index (χ0n) is 7.80. The van der Waals surface area contributed by atoms with Gasteiger partial charge in [0.2, 0.25) is 0 Å². The molecule has 2 rings (SSSR count). The van der Waals surface area contributed by atoms with Crippen molar-refractivity contribution in [1.82, 2.24) is 0 Å². The Kier molecular flexibility index (Phi) is 3.19. The standard InChI is InChI=1S/C11H12BrFO/c12-9-2-1-3-10(13)11(9)8-4-6-14-7-5-8/h1-3,8H,4-7H2. The second kappa shape index (κ2) is 4.41. The van der Waals surface area contributed by atoms with Gasteiger partial charge in [0.1, 0.15) is 5.82 Å². The highest BCUT2D eigenvalue weighted by Crippen LogP contribution is 2.33. The van der Waals surface area contributed by atoms with Crippen molar-refractivity contribution in [2.45, 2.75) is 18.8 Å². The minimum atomic E-state index is -0.105. The molecule has 0 bridgehead atoms. The first-order valence-electron chi connectivity index (χ1n) is 4.80. The lowest BCUT2D eigenvalue weighted by molar-refractivity contribution is 0.0845. The summed E-state index contributed by atoms with van der Waals surface area (Å²) in [5, 5.41) is 0. The Morgan fingerprint density at radius 3 is 2.64 bits per heavy atom. The third kappa shape index (κ3) is 1.98. The number of halogens is 2. The Bertz CT molecular complexity index is 301. The first kappa shape index (κ1) is 10.1. The second-order valence-corrected chi connectivity index (χ2v) is 4.38. The highest BCUT2D eigenvalue weighted by molar-refractivity contribution is 9.10. The Labute approximate surface area is 91.4 Å². The number of benzene rings is 1. The molecular weight excluding hydrogens is 247 g/mol. The predicted molar refractivity (Wildman–Crippen MR) is 56.9 cm³/mol. The van der Waals surface area contributed by atoms with Gasteiger partial charge in [-0.3, -0.25) is 0 Å². The van der Waals surface area contributed by atoms with Gasteiger partial charge < -0.3 is 4.74 Å². The minimum Gasteiger partial charge on any atom is -0.381 e. The summed E-state index contributed by atoms with van der Waals surface area (Å²) in [6.07, 6.45) is 1.83. The highest BCUT2D eigenvalue weighted by Gasteiger charge is 2.21. The molecule has 0 radical (unpaired) electrons. The van der Waals surface area contributed by atoms with Crippen LogP contribution in [0, 0.1) is 5.82 Å². The molecule has 0 atom stereocenters. The van der Waals surface area contributed by atoms with Gasteiger partial charge in [-0.15, -0.1) is 0 Å². The normalized spacial score (nSPS) is 18.4. The quantitative estimate of drug-likeness (QED) is 0.750. The molecule has 0 aliphatic carbocycles. The topological polar surface area (TPSA) is 9.23 Å². The molecule has 0 saturated carbocycles. The van der Waals surface area contributed by atoms with E-state index in [1.54, 1.807) is 6.07 Å². The van der Waals surface area contributed by atoms with Gasteiger partial charge in [0.25, 0.3) is 0 Å². The van der Waals surface area contributed by atoms with E-state index in [1.165, 1.54) is 6.07 Å². The molecule has 0 aromatic heterocycles. The van der Waals surface area contributed by atoms with Crippen LogP contribution >= 0.6 is 15.9 Å². The van der Waals surface area contributed by atoms with E-state index in [1.807, 2.05) is 6.07 Å². The van der Waals surface area contributed by atoms with E-state index in [-0.39, 0.29) is 5.82 Å². The third-order valence-electron chi connectivity index (χ3n) is 2.63. The van der Waals surface area contributed by atoms with E-state index >= 15 is 0 Å². The third-order valence-corrected chi connectivity index (χ3v) is 3.32. The molecule has 0 unspecified atom stereocenters. The van der Waals surface area contributed by atoms with Gasteiger partial charge >= 0.3 is 0 Å². The largest absolute Gasteiger partial charge is 0.381 e. The number of hydrogen-bond donors (Lipinski definition) is 0. The van der Waals surface area contributed by atoms with Crippen LogP contribution < -0.4 is 0 Å². The fraction of sp³-hybridized carbons (Fsp3) is 0.455. The maximum atomic E-state index is 13.6. The molecule has 14 heavy (non-hydrogen) atoms. The summed E-state index contributed by atoms with van der Waals surface area (Å²) in [7, 11) is 0. The van der Waals surface area contributed by atoms with E-state index in [2.05, 4.69) is 15.9 Å². The lowest BCUT2D eigenvalue weighted by Crippen LogP contribution is -2.15. The van der Waals surface area contributed by atoms with Crippen LogP contribution in [0.15, 0.2) is 22.7 Å². The van der Waals surface area contributed by atoms with Crippen molar-refractivity contribution < 1.29 is 9.13 Å². The van der Waals surface area contributed by atoms with E-state index in [9.17, 15) is 4.39 Å². The molecule has 0 spiro atoms. The van der Waals surface area contributed by atoms with Crippen LogP contribution in [-0.4, -0.2) is 13.2 Å². The van der Waals surface area contributed by atoms with Crippen molar-refractivity contribution in [3.63, 3.8) is 0 Å². The van der Waals surface area contributed by atoms with Gasteiger partial charge in [0.15, 0.2) is 0 Å². The Balaban J connectivity index is 2.29. The zero-order chi connectivity index (χ0) is 9.97. The van der Waals surface area contributed by atoms with E-state index in [0.717, 1.165) is 36.1 Å². The lowest BCUT2D eigenvalue weighted by atomic mass is 9.91. The Morgan fingerprint density at radius 2 is 2.00 bits per heavy atom. The van der Waals surface area contributed by atoms with E-state index in [4.69, 9.17) is 4.74 Å². The molecular formula is C11H12BrFO. The van der Waals surface area contributed by atoms with Gasteiger partial charge in [-0.05, 0) is 30.9 Å². The van der Waals surface area contributed by atoms with Crippen molar-refractivity contribution in [1.29, 1.82) is 0 Å². The molecule has 0 amide bonds. The van der Waals surface area contributed by atoms with Crippen LogP contribution in [0.5, 0.6) is 0 Å². The van der Waals surface area contributed by atoms with Crippen LogP contribution in [0.4, 0.5) is 4.39 Å². The van der Waals surface area contributed by atoms with Gasteiger partial charge in [-0.25, -0.2) is 4.39 Å². The van der Waals surface area contributed by atoms with Gasteiger partial charge in [0, 0.05) is 23.2 Å². The monoisotopic (exact) mass is 258 g/mol. The average molecular weight is 259 g/mol. The fourth-order valence-corrected chi connectivity index (χ4v) is 2.55. The van der Waals surface area contributed by atoms with E-state index < -0.39 is 0 Å². The molecule has 1 aliphatic heterocycles. The zero-order valence-corrected chi connectivity index (χ0v) is 9.39. The van der Waals surface area contributed by atoms with Gasteiger partial charge in [-0.2, -0.15) is 0 Å². The summed E-state index contributed by atoms with van der Waals surface area (Å²) in [6.45, 7) is 1.48. The average Bonchev–Trinajstić information content (AvgIpc) is 2.19. The van der Waals surface area contributed by atoms with Crippen molar-refractivity contribution in [2.24, 2.45) is 0 Å². The number of rotatable bonds is 1. The first-order chi connectivity index (χ1) is 6.79. The van der Waals surface area contributed by atoms with Gasteiger partial charge in [0.05, 0.1) is 0 Å². The molecule has 1 heterocycles. The van der Waals surface area contributed by atoms with Crippen molar-refractivity contribution in [2.75, 3.05) is 13.2 Å². The summed E-state index contributed by atoms with van der Waals surface area (Å²) in [5.74, 6) is 0.200. The van der Waals surface area contributed by atoms with Gasteiger partial charge in [-0.1, -0.05) is 22.0 Å². The second-order valence-electron chi connectivity index (χ2n) is 3.52. The molecule has 1 aromatic rings. The predicted octanol–water partition coefficient (Wildman–Crippen LogP) is 3.48. The smallest absolute Gasteiger partial charge is 0.127 e. The fourth-order valence-electron chi connectivity index (χ4n) is 1.89. The van der Waals surface area contributed by atoms with Crippen LogP contribution in [0.3, 0.4) is 0 Å². The maximum absolute atomic E-state index is 13.6. The maximum Gasteiger partial charge on any atom is 0.127 e. The number of ether oxygens (including phenoxy) is 1. The molecule has 1 nitrogen and oxygen atoms in total. The molecule has 1 aromatic carbocycles. The van der Waals surface area contributed by atoms with Crippen LogP contribution in [-0.2, 0) is 4.74 Å². The first-order valence-corrected chi connectivity index (χ1v) is 5.60. The summed E-state index contributed by atoms with van der Waals surface area (Å²) in [5.41, 5.74) is 0.816. The SMILES string of the molecule is Fc1cccc(Br)c1C1CCOCC1. The van der Waals surface area contributed by atoms with Crippen LogP contribution in [0.2, 0.25) is 0 Å². The van der Waals surface area contributed by atoms with Crippen molar-refractivity contribution >= 4 is 15.9 Å². The van der Waals surface area contributed by atoms with Crippen molar-refractivity contribution in [3.8, 4) is 0 Å². The summed E-state index contributed by atoms with van der Waals surface area (Å²) in [6, 6.07) is 5.14. The highest BCUT2D eigenvalue weighted by atomic mass is 79.9. The Hall–Kier alpha value is -0.410. The summed E-state index contributed by atoms with van der Waals surface area (Å²) < 4.78 is 19.7. The minimum absolute atomic E-state index is 0.105. The van der Waals surface area contributed by atoms with E-state index in [0.29, 0.717) is 5.92 Å². The van der Waals surface area contributed by atoms with Crippen LogP contribution in [0.25, 0.3) is 0 Å². The molecule has 1 aliphatic rings. The molecule has 1 fully saturated rings. The lowest BCUT2D eigenvalue weighted by Gasteiger charge is -2.23. The van der Waals surface area contributed by atoms with Crippen molar-refractivity contribution in [3.05, 3.63) is 34.1 Å². The van der Waals surface area contributed by atoms with Crippen LogP contribution in [0.1, 0.15) is 24.3 Å². The molecule has 3 heteroatoms. The molecule has 1 saturated heterocycles. The summed E-state index contributed by atoms with van der Waals surface area (Å²) >= 11 is 3.40.